The molecular weight excluding hydrogens is 969 g/mol. The Labute approximate surface area is 457 Å². The number of aromatic amines is 5. The fourth-order valence-electron chi connectivity index (χ4n) is 12.2. The highest BCUT2D eigenvalue weighted by molar-refractivity contribution is 6.11. The lowest BCUT2D eigenvalue weighted by molar-refractivity contribution is 1.01. The molecule has 5 N–H and O–H groups in total. The van der Waals surface area contributed by atoms with E-state index >= 15 is 0 Å². The first-order valence-corrected chi connectivity index (χ1v) is 27.3. The molecule has 0 radical (unpaired) electrons. The van der Waals surface area contributed by atoms with E-state index in [0.29, 0.717) is 0 Å². The lowest BCUT2D eigenvalue weighted by Gasteiger charge is -2.04. The van der Waals surface area contributed by atoms with Crippen LogP contribution in [0.4, 0.5) is 0 Å². The molecule has 0 saturated carbocycles. The van der Waals surface area contributed by atoms with Crippen molar-refractivity contribution in [3.8, 4) is 0 Å². The smallest absolute Gasteiger partial charge is 0.0709 e. The summed E-state index contributed by atoms with van der Waals surface area (Å²) in [5.41, 5.74) is 30.5. The summed E-state index contributed by atoms with van der Waals surface area (Å²) in [4.78, 5) is 40.0. The summed E-state index contributed by atoms with van der Waals surface area (Å²) in [6, 6.07) is 34.4. The maximum Gasteiger partial charge on any atom is 0.0709 e. The minimum atomic E-state index is 0.894. The standard InChI is InChI=1S/C69H64N10/c1-34-38(5)62-64-42(9)43(10)65(78-64)63-39(6)35(2)59(75-63)31-71-55-23-15-19-47-27-49-21-17-25-57(53(49)29-51(47)55)73-33-61-37(4)41(8)67(77-61)69-45(12)44(11)68(79(69)13)66-40(7)36(3)60(76-66)32-72-56-24-16-20-48-26-46-18-14-22-54(50(46)28-52(48)56)70-30-58(34)74-62/h14-33,74-78H,1-13H3. The summed E-state index contributed by atoms with van der Waals surface area (Å²) < 4.78 is 2.34. The Morgan fingerprint density at radius 2 is 0.532 bits per heavy atom. The number of rotatable bonds is 0. The molecule has 13 aromatic rings. The van der Waals surface area contributed by atoms with Crippen molar-refractivity contribution in [2.45, 2.75) is 83.1 Å². The lowest BCUT2D eigenvalue weighted by Crippen LogP contribution is -1.90. The van der Waals surface area contributed by atoms with Gasteiger partial charge in [-0.2, -0.15) is 0 Å². The summed E-state index contributed by atoms with van der Waals surface area (Å²) >= 11 is 0. The molecule has 0 fully saturated rings. The van der Waals surface area contributed by atoms with Crippen LogP contribution in [0, 0.1) is 83.1 Å². The summed E-state index contributed by atoms with van der Waals surface area (Å²) in [6.45, 7) is 26.4. The van der Waals surface area contributed by atoms with Crippen molar-refractivity contribution in [2.24, 2.45) is 7.05 Å². The van der Waals surface area contributed by atoms with Gasteiger partial charge in [-0.15, -0.1) is 0 Å². The highest BCUT2D eigenvalue weighted by atomic mass is 15.0. The van der Waals surface area contributed by atoms with Crippen LogP contribution in [0.25, 0.3) is 131 Å². The van der Waals surface area contributed by atoms with Crippen molar-refractivity contribution in [2.75, 3.05) is 0 Å². The summed E-state index contributed by atoms with van der Waals surface area (Å²) in [7, 11) is 2.18. The van der Waals surface area contributed by atoms with Gasteiger partial charge >= 0.3 is 0 Å². The van der Waals surface area contributed by atoms with Crippen LogP contribution in [-0.4, -0.2) is 49.4 Å². The molecule has 0 aliphatic rings. The lowest BCUT2D eigenvalue weighted by atomic mass is 10.0. The van der Waals surface area contributed by atoms with E-state index < -0.39 is 0 Å². The minimum absolute atomic E-state index is 0.894. The summed E-state index contributed by atoms with van der Waals surface area (Å²) in [5.74, 6) is 0. The molecular formula is C69H64N10. The number of H-pyrrole nitrogens is 5. The van der Waals surface area contributed by atoms with Crippen LogP contribution in [0.15, 0.2) is 122 Å². The number of benzene rings is 6. The molecule has 0 atom stereocenters. The molecule has 7 heterocycles. The summed E-state index contributed by atoms with van der Waals surface area (Å²) in [6.07, 6.45) is 7.95. The van der Waals surface area contributed by atoms with Crippen LogP contribution < -0.4 is 0 Å². The van der Waals surface area contributed by atoms with Crippen LogP contribution >= 0.6 is 0 Å². The SMILES string of the molecule is Cc1c(C)c2[nH]c1cnc1cccc3cc4cccc(ncc5[nH]c(c(C)c5C)c5c(C)c(C)c(c6[nH]c(cnc7cccc8cc9cccc(ncc%10[nH]c(c(C)c%10C)c%10[nH]c2c(C)c%10C)c9cc87)c(C)c6C)n5C)c4cc31. The average Bonchev–Trinajstić information content (AvgIpc) is 4.45. The van der Waals surface area contributed by atoms with E-state index in [1.807, 2.05) is 24.8 Å². The van der Waals surface area contributed by atoms with Gasteiger partial charge in [-0.05, 0) is 220 Å². The van der Waals surface area contributed by atoms with Gasteiger partial charge in [0.1, 0.15) is 0 Å². The molecule has 0 aliphatic carbocycles. The Kier molecular flexibility index (Phi) is 11.5. The fourth-order valence-corrected chi connectivity index (χ4v) is 12.2. The van der Waals surface area contributed by atoms with E-state index in [9.17, 15) is 0 Å². The van der Waals surface area contributed by atoms with Crippen LogP contribution in [0.2, 0.25) is 0 Å². The number of nitrogens with zero attached hydrogens (tertiary/aromatic N) is 5. The van der Waals surface area contributed by atoms with Gasteiger partial charge in [0, 0.05) is 28.6 Å². The largest absolute Gasteiger partial charge is 0.352 e. The second-order valence-electron chi connectivity index (χ2n) is 22.0. The second kappa shape index (κ2) is 18.4. The van der Waals surface area contributed by atoms with Crippen LogP contribution in [0.5, 0.6) is 0 Å². The number of hydrogen-bond donors (Lipinski definition) is 5. The van der Waals surface area contributed by atoms with E-state index in [4.69, 9.17) is 19.9 Å². The normalized spacial score (nSPS) is 11.9. The molecule has 0 amide bonds. The molecule has 0 spiro atoms. The molecule has 7 aromatic heterocycles. The zero-order chi connectivity index (χ0) is 54.9. The Morgan fingerprint density at radius 3 is 0.835 bits per heavy atom. The average molecular weight is 1030 g/mol. The first kappa shape index (κ1) is 49.3. The molecule has 0 unspecified atom stereocenters. The number of aromatic nitrogens is 10. The molecule has 10 nitrogen and oxygen atoms in total. The number of fused-ring (bicyclic) bond motifs is 16. The number of nitrogens with one attached hydrogen (secondary N) is 5. The molecule has 390 valence electrons. The zero-order valence-corrected chi connectivity index (χ0v) is 47.3. The van der Waals surface area contributed by atoms with Crippen molar-refractivity contribution in [1.29, 1.82) is 0 Å². The van der Waals surface area contributed by atoms with Gasteiger partial charge in [0.25, 0.3) is 0 Å². The van der Waals surface area contributed by atoms with E-state index in [1.54, 1.807) is 0 Å². The van der Waals surface area contributed by atoms with E-state index in [1.165, 1.54) is 55.6 Å². The van der Waals surface area contributed by atoms with Gasteiger partial charge in [-0.3, -0.25) is 19.9 Å². The monoisotopic (exact) mass is 1030 g/mol. The van der Waals surface area contributed by atoms with Gasteiger partial charge in [0.15, 0.2) is 0 Å². The predicted octanol–water partition coefficient (Wildman–Crippen LogP) is 17.8. The van der Waals surface area contributed by atoms with Gasteiger partial charge in [0.2, 0.25) is 0 Å². The Bertz CT molecular complexity index is 4860. The van der Waals surface area contributed by atoms with Crippen LogP contribution in [-0.2, 0) is 7.05 Å². The van der Waals surface area contributed by atoms with E-state index in [2.05, 4.69) is 217 Å². The van der Waals surface area contributed by atoms with E-state index in [-0.39, 0.29) is 0 Å². The quantitative estimate of drug-likeness (QED) is 0.0967. The summed E-state index contributed by atoms with van der Waals surface area (Å²) in [5, 5.41) is 8.76. The van der Waals surface area contributed by atoms with Crippen LogP contribution in [0.1, 0.15) is 66.8 Å². The molecule has 0 aliphatic heterocycles. The topological polar surface area (TPSA) is 135 Å². The Hall–Kier alpha value is -9.28. The van der Waals surface area contributed by atoms with Gasteiger partial charge < -0.3 is 29.5 Å². The Morgan fingerprint density at radius 1 is 0.278 bits per heavy atom. The van der Waals surface area contributed by atoms with Crippen molar-refractivity contribution in [1.82, 2.24) is 49.4 Å². The minimum Gasteiger partial charge on any atom is -0.352 e. The highest BCUT2D eigenvalue weighted by Gasteiger charge is 2.18. The Balaban J connectivity index is 1.10. The predicted molar refractivity (Wildman–Crippen MR) is 335 cm³/mol. The van der Waals surface area contributed by atoms with Gasteiger partial charge in [-0.1, -0.05) is 48.5 Å². The van der Waals surface area contributed by atoms with Gasteiger partial charge in [0.05, 0.1) is 113 Å². The zero-order valence-electron chi connectivity index (χ0n) is 47.3. The maximum atomic E-state index is 5.22. The number of aryl methyl sites for hydroxylation is 13. The van der Waals surface area contributed by atoms with Crippen molar-refractivity contribution in [3.63, 3.8) is 0 Å². The first-order chi connectivity index (χ1) is 38.1. The molecule has 6 aromatic carbocycles. The third kappa shape index (κ3) is 7.75. The number of hydrogen-bond acceptors (Lipinski definition) is 4. The second-order valence-corrected chi connectivity index (χ2v) is 22.0. The van der Waals surface area contributed by atoms with Crippen molar-refractivity contribution in [3.05, 3.63) is 189 Å². The molecule has 0 saturated heterocycles. The molecule has 79 heavy (non-hydrogen) atoms. The molecule has 16 bridgehead atoms. The van der Waals surface area contributed by atoms with Gasteiger partial charge in [-0.25, -0.2) is 0 Å². The van der Waals surface area contributed by atoms with Crippen molar-refractivity contribution >= 4 is 131 Å². The third-order valence-electron chi connectivity index (χ3n) is 17.9. The first-order valence-electron chi connectivity index (χ1n) is 27.3. The maximum absolute atomic E-state index is 5.22. The fraction of sp³-hybridized carbons (Fsp3) is 0.188. The molecule has 13 rings (SSSR count). The van der Waals surface area contributed by atoms with Crippen molar-refractivity contribution < 1.29 is 0 Å². The third-order valence-corrected chi connectivity index (χ3v) is 17.9. The molecule has 10 heteroatoms. The van der Waals surface area contributed by atoms with Crippen LogP contribution in [0.3, 0.4) is 0 Å². The van der Waals surface area contributed by atoms with E-state index in [0.717, 1.165) is 142 Å². The highest BCUT2D eigenvalue weighted by Crippen LogP contribution is 2.36.